The van der Waals surface area contributed by atoms with Gasteiger partial charge in [-0.3, -0.25) is 0 Å². The first-order valence-electron chi connectivity index (χ1n) is 3.28. The van der Waals surface area contributed by atoms with Gasteiger partial charge >= 0.3 is 0 Å². The zero-order valence-electron chi connectivity index (χ0n) is 6.00. The lowest BCUT2D eigenvalue weighted by Crippen LogP contribution is -2.03. The van der Waals surface area contributed by atoms with Gasteiger partial charge in [-0.2, -0.15) is 0 Å². The Kier molecular flexibility index (Phi) is 3.19. The van der Waals surface area contributed by atoms with Gasteiger partial charge in [-0.15, -0.1) is 11.3 Å². The van der Waals surface area contributed by atoms with Crippen LogP contribution < -0.4 is 5.32 Å². The van der Waals surface area contributed by atoms with Crippen molar-refractivity contribution in [3.8, 4) is 0 Å². The van der Waals surface area contributed by atoms with E-state index >= 15 is 0 Å². The summed E-state index contributed by atoms with van der Waals surface area (Å²) in [6.07, 6.45) is 4.24. The third kappa shape index (κ3) is 2.33. The smallest absolute Gasteiger partial charge is 0.0267 e. The van der Waals surface area contributed by atoms with Crippen LogP contribution in [0.1, 0.15) is 4.88 Å². The summed E-state index contributed by atoms with van der Waals surface area (Å²) in [5, 5.41) is 5.13. The molecule has 1 aromatic rings. The lowest BCUT2D eigenvalue weighted by molar-refractivity contribution is 0.922. The van der Waals surface area contributed by atoms with E-state index < -0.39 is 0 Å². The van der Waals surface area contributed by atoms with Crippen LogP contribution in [0.15, 0.2) is 23.6 Å². The maximum Gasteiger partial charge on any atom is 0.0267 e. The normalized spacial score (nSPS) is 10.9. The molecule has 0 saturated carbocycles. The zero-order valence-corrected chi connectivity index (χ0v) is 6.82. The van der Waals surface area contributed by atoms with Crippen LogP contribution in [0.3, 0.4) is 0 Å². The highest BCUT2D eigenvalue weighted by Crippen LogP contribution is 2.09. The first-order chi connectivity index (χ1) is 4.93. The molecule has 1 aromatic heterocycles. The molecule has 1 heterocycles. The number of hydrogen-bond donors (Lipinski definition) is 1. The van der Waals surface area contributed by atoms with E-state index in [4.69, 9.17) is 0 Å². The summed E-state index contributed by atoms with van der Waals surface area (Å²) in [6.45, 7) is 0.942. The van der Waals surface area contributed by atoms with Gasteiger partial charge in [0.05, 0.1) is 0 Å². The average Bonchev–Trinajstić information content (AvgIpc) is 2.41. The highest BCUT2D eigenvalue weighted by molar-refractivity contribution is 7.10. The van der Waals surface area contributed by atoms with Crippen molar-refractivity contribution in [2.24, 2.45) is 0 Å². The summed E-state index contributed by atoms with van der Waals surface area (Å²) >= 11 is 1.76. The van der Waals surface area contributed by atoms with E-state index in [-0.39, 0.29) is 0 Å². The van der Waals surface area contributed by atoms with Crippen LogP contribution in [0.4, 0.5) is 0 Å². The zero-order chi connectivity index (χ0) is 7.23. The van der Waals surface area contributed by atoms with Crippen LogP contribution in [-0.2, 0) is 0 Å². The molecule has 1 N–H and O–H groups in total. The largest absolute Gasteiger partial charge is 0.316 e. The molecule has 0 atom stereocenters. The molecule has 0 spiro atoms. The average molecular weight is 153 g/mol. The Hall–Kier alpha value is -0.600. The van der Waals surface area contributed by atoms with E-state index in [9.17, 15) is 0 Å². The first-order valence-corrected chi connectivity index (χ1v) is 4.16. The molecule has 1 rings (SSSR count). The molecule has 0 aliphatic carbocycles. The number of hydrogen-bond acceptors (Lipinski definition) is 2. The maximum atomic E-state index is 3.05. The molecule has 0 unspecified atom stereocenters. The van der Waals surface area contributed by atoms with Gasteiger partial charge in [0.15, 0.2) is 0 Å². The van der Waals surface area contributed by atoms with Gasteiger partial charge in [0.2, 0.25) is 0 Å². The molecule has 0 aliphatic heterocycles. The summed E-state index contributed by atoms with van der Waals surface area (Å²) in [4.78, 5) is 1.32. The van der Waals surface area contributed by atoms with Gasteiger partial charge in [0, 0.05) is 11.4 Å². The molecule has 0 bridgehead atoms. The SMILES string of the molecule is CNC/C=C/c1cccs1. The Morgan fingerprint density at radius 3 is 3.20 bits per heavy atom. The van der Waals surface area contributed by atoms with Crippen LogP contribution in [0.25, 0.3) is 6.08 Å². The molecular weight excluding hydrogens is 142 g/mol. The molecule has 0 saturated heterocycles. The minimum absolute atomic E-state index is 0.942. The molecule has 0 fully saturated rings. The van der Waals surface area contributed by atoms with Gasteiger partial charge in [-0.25, -0.2) is 0 Å². The predicted molar refractivity (Wildman–Crippen MR) is 47.3 cm³/mol. The molecule has 0 aliphatic rings. The first kappa shape index (κ1) is 7.51. The highest BCUT2D eigenvalue weighted by atomic mass is 32.1. The van der Waals surface area contributed by atoms with Crippen molar-refractivity contribution in [3.05, 3.63) is 28.5 Å². The van der Waals surface area contributed by atoms with Crippen molar-refractivity contribution in [3.63, 3.8) is 0 Å². The van der Waals surface area contributed by atoms with Crippen LogP contribution in [0.2, 0.25) is 0 Å². The summed E-state index contributed by atoms with van der Waals surface area (Å²) in [6, 6.07) is 4.17. The third-order valence-electron chi connectivity index (χ3n) is 1.15. The Bertz CT molecular complexity index is 189. The van der Waals surface area contributed by atoms with E-state index in [2.05, 4.69) is 35.0 Å². The monoisotopic (exact) mass is 153 g/mol. The molecule has 54 valence electrons. The fourth-order valence-electron chi connectivity index (χ4n) is 0.679. The lowest BCUT2D eigenvalue weighted by atomic mass is 10.4. The van der Waals surface area contributed by atoms with Crippen molar-refractivity contribution >= 4 is 17.4 Å². The topological polar surface area (TPSA) is 12.0 Å². The van der Waals surface area contributed by atoms with Gasteiger partial charge in [-0.1, -0.05) is 12.1 Å². The predicted octanol–water partition coefficient (Wildman–Crippen LogP) is 1.98. The molecule has 2 heteroatoms. The van der Waals surface area contributed by atoms with E-state index in [1.165, 1.54) is 4.88 Å². The second-order valence-electron chi connectivity index (χ2n) is 1.98. The van der Waals surface area contributed by atoms with Gasteiger partial charge in [0.1, 0.15) is 0 Å². The van der Waals surface area contributed by atoms with Crippen molar-refractivity contribution in [2.45, 2.75) is 0 Å². The summed E-state index contributed by atoms with van der Waals surface area (Å²) in [7, 11) is 1.94. The van der Waals surface area contributed by atoms with Crippen molar-refractivity contribution in [1.29, 1.82) is 0 Å². The van der Waals surface area contributed by atoms with E-state index in [1.54, 1.807) is 11.3 Å². The molecular formula is C8H11NS. The maximum absolute atomic E-state index is 3.05. The molecule has 1 nitrogen and oxygen atoms in total. The van der Waals surface area contributed by atoms with Crippen LogP contribution in [0, 0.1) is 0 Å². The number of nitrogens with one attached hydrogen (secondary N) is 1. The van der Waals surface area contributed by atoms with E-state index in [0.717, 1.165) is 6.54 Å². The summed E-state index contributed by atoms with van der Waals surface area (Å²) < 4.78 is 0. The Balaban J connectivity index is 2.40. The quantitative estimate of drug-likeness (QED) is 0.700. The molecule has 0 aromatic carbocycles. The molecule has 10 heavy (non-hydrogen) atoms. The number of likely N-dealkylation sites (N-methyl/N-ethyl adjacent to an activating group) is 1. The second kappa shape index (κ2) is 4.25. The number of thiophene rings is 1. The van der Waals surface area contributed by atoms with Gasteiger partial charge < -0.3 is 5.32 Å². The summed E-state index contributed by atoms with van der Waals surface area (Å²) in [5.74, 6) is 0. The van der Waals surface area contributed by atoms with E-state index in [1.807, 2.05) is 7.05 Å². The fraction of sp³-hybridized carbons (Fsp3) is 0.250. The number of rotatable bonds is 3. The highest BCUT2D eigenvalue weighted by Gasteiger charge is 1.82. The van der Waals surface area contributed by atoms with Crippen molar-refractivity contribution in [1.82, 2.24) is 5.32 Å². The van der Waals surface area contributed by atoms with Gasteiger partial charge in [-0.05, 0) is 24.6 Å². The Labute approximate surface area is 65.4 Å². The Morgan fingerprint density at radius 1 is 1.70 bits per heavy atom. The molecule has 0 amide bonds. The van der Waals surface area contributed by atoms with Crippen molar-refractivity contribution < 1.29 is 0 Å². The standard InChI is InChI=1S/C8H11NS/c1-9-6-2-4-8-5-3-7-10-8/h2-5,7,9H,6H2,1H3/b4-2+. The fourth-order valence-corrected chi connectivity index (χ4v) is 1.33. The van der Waals surface area contributed by atoms with Crippen LogP contribution >= 0.6 is 11.3 Å². The minimum Gasteiger partial charge on any atom is -0.316 e. The Morgan fingerprint density at radius 2 is 2.60 bits per heavy atom. The van der Waals surface area contributed by atoms with Crippen molar-refractivity contribution in [2.75, 3.05) is 13.6 Å². The lowest BCUT2D eigenvalue weighted by Gasteiger charge is -1.85. The summed E-state index contributed by atoms with van der Waals surface area (Å²) in [5.41, 5.74) is 0. The minimum atomic E-state index is 0.942. The molecule has 0 radical (unpaired) electrons. The van der Waals surface area contributed by atoms with Crippen LogP contribution in [0.5, 0.6) is 0 Å². The van der Waals surface area contributed by atoms with E-state index in [0.29, 0.717) is 0 Å². The van der Waals surface area contributed by atoms with Crippen LogP contribution in [-0.4, -0.2) is 13.6 Å². The second-order valence-corrected chi connectivity index (χ2v) is 2.95. The third-order valence-corrected chi connectivity index (χ3v) is 1.98. The van der Waals surface area contributed by atoms with Gasteiger partial charge in [0.25, 0.3) is 0 Å².